The van der Waals surface area contributed by atoms with E-state index in [9.17, 15) is 0 Å². The lowest BCUT2D eigenvalue weighted by molar-refractivity contribution is 1.18. The van der Waals surface area contributed by atoms with E-state index in [1.165, 1.54) is 6.33 Å². The molecule has 2 heterocycles. The first-order valence-electron chi connectivity index (χ1n) is 2.95. The summed E-state index contributed by atoms with van der Waals surface area (Å²) in [5.41, 5.74) is 0.815. The number of halogens is 1. The van der Waals surface area contributed by atoms with Crippen LogP contribution in [0.2, 0.25) is 0 Å². The van der Waals surface area contributed by atoms with E-state index in [2.05, 4.69) is 38.7 Å². The summed E-state index contributed by atoms with van der Waals surface area (Å²) in [7, 11) is 0. The Balaban J connectivity index is 2.95. The number of thiol groups is 1. The fraction of sp³-hybridized carbons (Fsp3) is 0. The third kappa shape index (κ3) is 1.04. The van der Waals surface area contributed by atoms with Gasteiger partial charge < -0.3 is 0 Å². The fourth-order valence-corrected chi connectivity index (χ4v) is 1.83. The second kappa shape index (κ2) is 2.49. The van der Waals surface area contributed by atoms with Crippen molar-refractivity contribution in [1.82, 2.24) is 13.9 Å². The van der Waals surface area contributed by atoms with Crippen LogP contribution in [0, 0.1) is 0 Å². The Morgan fingerprint density at radius 2 is 2.36 bits per heavy atom. The van der Waals surface area contributed by atoms with Gasteiger partial charge in [0.2, 0.25) is 0 Å². The number of nitrogens with zero attached hydrogens (tertiary/aromatic N) is 3. The van der Waals surface area contributed by atoms with Gasteiger partial charge in [0, 0.05) is 16.9 Å². The van der Waals surface area contributed by atoms with E-state index in [4.69, 9.17) is 0 Å². The molecule has 56 valence electrons. The lowest BCUT2D eigenvalue weighted by atomic mass is 10.4. The van der Waals surface area contributed by atoms with Gasteiger partial charge in [0.15, 0.2) is 5.65 Å². The molecular formula is C6H4BrN3S. The number of hydrogen-bond acceptors (Lipinski definition) is 3. The van der Waals surface area contributed by atoms with Crippen LogP contribution < -0.4 is 0 Å². The first kappa shape index (κ1) is 7.12. The first-order valence-corrected chi connectivity index (χ1v) is 4.14. The molecule has 0 N–H and O–H groups in total. The van der Waals surface area contributed by atoms with Gasteiger partial charge in [0.05, 0.1) is 5.39 Å². The molecule has 11 heavy (non-hydrogen) atoms. The van der Waals surface area contributed by atoms with E-state index in [1.54, 1.807) is 10.2 Å². The molecule has 0 atom stereocenters. The molecule has 0 saturated heterocycles. The Kier molecular flexibility index (Phi) is 1.61. The van der Waals surface area contributed by atoms with Crippen LogP contribution in [0.1, 0.15) is 0 Å². The molecule has 0 aromatic carbocycles. The zero-order valence-electron chi connectivity index (χ0n) is 5.40. The van der Waals surface area contributed by atoms with Crippen LogP contribution in [0.4, 0.5) is 0 Å². The molecule has 0 radical (unpaired) electrons. The standard InChI is InChI=1S/C6H4BrN3S/c7-5-2-10(11)6-4(5)1-8-3-9-6/h1-3,11H. The summed E-state index contributed by atoms with van der Waals surface area (Å²) >= 11 is 7.54. The Hall–Kier alpha value is -0.550. The minimum absolute atomic E-state index is 0.815. The van der Waals surface area contributed by atoms with Crippen LogP contribution in [0.25, 0.3) is 11.0 Å². The van der Waals surface area contributed by atoms with Crippen molar-refractivity contribution in [1.29, 1.82) is 0 Å². The van der Waals surface area contributed by atoms with Crippen molar-refractivity contribution in [3.8, 4) is 0 Å². The SMILES string of the molecule is Sn1cc(Br)c2cncnc21. The highest BCUT2D eigenvalue weighted by Gasteiger charge is 2.03. The molecule has 2 aromatic rings. The molecule has 0 saturated carbocycles. The second-order valence-corrected chi connectivity index (χ2v) is 3.37. The van der Waals surface area contributed by atoms with E-state index >= 15 is 0 Å². The van der Waals surface area contributed by atoms with Crippen LogP contribution in [-0.4, -0.2) is 13.9 Å². The summed E-state index contributed by atoms with van der Waals surface area (Å²) in [6, 6.07) is 0. The molecule has 2 rings (SSSR count). The molecule has 0 amide bonds. The van der Waals surface area contributed by atoms with Gasteiger partial charge in [-0.25, -0.2) is 9.97 Å². The number of rotatable bonds is 0. The van der Waals surface area contributed by atoms with Crippen molar-refractivity contribution < 1.29 is 0 Å². The monoisotopic (exact) mass is 229 g/mol. The average Bonchev–Trinajstić information content (AvgIpc) is 2.30. The highest BCUT2D eigenvalue weighted by atomic mass is 79.9. The summed E-state index contributed by atoms with van der Waals surface area (Å²) in [5, 5.41) is 0.975. The van der Waals surface area contributed by atoms with Crippen molar-refractivity contribution in [2.45, 2.75) is 0 Å². The minimum Gasteiger partial charge on any atom is -0.277 e. The molecule has 0 bridgehead atoms. The molecular weight excluding hydrogens is 226 g/mol. The summed E-state index contributed by atoms with van der Waals surface area (Å²) in [6.45, 7) is 0. The fourth-order valence-electron chi connectivity index (χ4n) is 0.912. The second-order valence-electron chi connectivity index (χ2n) is 2.08. The molecule has 0 aliphatic carbocycles. The maximum absolute atomic E-state index is 4.17. The van der Waals surface area contributed by atoms with Crippen molar-refractivity contribution in [2.24, 2.45) is 0 Å². The van der Waals surface area contributed by atoms with E-state index in [0.29, 0.717) is 0 Å². The minimum atomic E-state index is 0.815. The lowest BCUT2D eigenvalue weighted by Gasteiger charge is -1.89. The summed E-state index contributed by atoms with van der Waals surface area (Å²) < 4.78 is 2.62. The normalized spacial score (nSPS) is 10.7. The number of fused-ring (bicyclic) bond motifs is 1. The number of aromatic nitrogens is 3. The van der Waals surface area contributed by atoms with E-state index in [1.807, 2.05) is 6.20 Å². The largest absolute Gasteiger partial charge is 0.277 e. The lowest BCUT2D eigenvalue weighted by Crippen LogP contribution is -1.81. The average molecular weight is 230 g/mol. The van der Waals surface area contributed by atoms with Crippen LogP contribution >= 0.6 is 28.7 Å². The van der Waals surface area contributed by atoms with E-state index in [0.717, 1.165) is 15.5 Å². The molecule has 0 spiro atoms. The third-order valence-electron chi connectivity index (χ3n) is 1.40. The highest BCUT2D eigenvalue weighted by Crippen LogP contribution is 2.23. The predicted octanol–water partition coefficient (Wildman–Crippen LogP) is 1.89. The quantitative estimate of drug-likeness (QED) is 0.700. The van der Waals surface area contributed by atoms with E-state index < -0.39 is 0 Å². The van der Waals surface area contributed by atoms with Crippen molar-refractivity contribution in [2.75, 3.05) is 0 Å². The van der Waals surface area contributed by atoms with Gasteiger partial charge in [-0.3, -0.25) is 3.97 Å². The summed E-state index contributed by atoms with van der Waals surface area (Å²) in [5.74, 6) is 0. The molecule has 0 fully saturated rings. The van der Waals surface area contributed by atoms with Crippen LogP contribution in [0.15, 0.2) is 23.2 Å². The van der Waals surface area contributed by atoms with Gasteiger partial charge >= 0.3 is 0 Å². The van der Waals surface area contributed by atoms with Gasteiger partial charge in [-0.05, 0) is 15.9 Å². The van der Waals surface area contributed by atoms with Crippen LogP contribution in [0.3, 0.4) is 0 Å². The summed E-state index contributed by atoms with van der Waals surface area (Å²) in [4.78, 5) is 7.95. The van der Waals surface area contributed by atoms with E-state index in [-0.39, 0.29) is 0 Å². The van der Waals surface area contributed by atoms with Gasteiger partial charge in [0.25, 0.3) is 0 Å². The maximum atomic E-state index is 4.17. The molecule has 0 aliphatic heterocycles. The highest BCUT2D eigenvalue weighted by molar-refractivity contribution is 9.10. The topological polar surface area (TPSA) is 30.7 Å². The maximum Gasteiger partial charge on any atom is 0.154 e. The van der Waals surface area contributed by atoms with Gasteiger partial charge in [-0.15, -0.1) is 0 Å². The van der Waals surface area contributed by atoms with Crippen LogP contribution in [-0.2, 0) is 0 Å². The number of hydrogen-bond donors (Lipinski definition) is 1. The summed E-state index contributed by atoms with van der Waals surface area (Å²) in [6.07, 6.45) is 5.09. The Bertz CT molecular complexity index is 362. The van der Waals surface area contributed by atoms with Crippen molar-refractivity contribution >= 4 is 39.8 Å². The van der Waals surface area contributed by atoms with Gasteiger partial charge in [0.1, 0.15) is 6.33 Å². The molecule has 5 heteroatoms. The van der Waals surface area contributed by atoms with Gasteiger partial charge in [-0.1, -0.05) is 12.8 Å². The van der Waals surface area contributed by atoms with Crippen molar-refractivity contribution in [3.63, 3.8) is 0 Å². The zero-order chi connectivity index (χ0) is 7.84. The Morgan fingerprint density at radius 1 is 1.55 bits per heavy atom. The third-order valence-corrected chi connectivity index (χ3v) is 2.34. The molecule has 2 aromatic heterocycles. The Labute approximate surface area is 77.1 Å². The molecule has 0 unspecified atom stereocenters. The zero-order valence-corrected chi connectivity index (χ0v) is 7.88. The van der Waals surface area contributed by atoms with Crippen LogP contribution in [0.5, 0.6) is 0 Å². The smallest absolute Gasteiger partial charge is 0.154 e. The molecule has 0 aliphatic rings. The Morgan fingerprint density at radius 3 is 3.09 bits per heavy atom. The first-order chi connectivity index (χ1) is 5.29. The van der Waals surface area contributed by atoms with Gasteiger partial charge in [-0.2, -0.15) is 0 Å². The predicted molar refractivity (Wildman–Crippen MR) is 49.6 cm³/mol. The van der Waals surface area contributed by atoms with Crippen molar-refractivity contribution in [3.05, 3.63) is 23.2 Å². The molecule has 3 nitrogen and oxygen atoms in total.